The molecule has 8 heteroatoms. The van der Waals surface area contributed by atoms with Gasteiger partial charge in [0.25, 0.3) is 10.0 Å². The molecule has 2 aliphatic heterocycles. The largest absolute Gasteiger partial charge is 0.346 e. The van der Waals surface area contributed by atoms with Gasteiger partial charge < -0.3 is 14.0 Å². The van der Waals surface area contributed by atoms with Crippen LogP contribution >= 0.6 is 0 Å². The summed E-state index contributed by atoms with van der Waals surface area (Å²) in [6, 6.07) is 0. The first-order chi connectivity index (χ1) is 9.56. The Hall–Kier alpha value is -0.960. The first kappa shape index (κ1) is 14.0. The average Bonchev–Trinajstić information content (AvgIpc) is 3.08. The minimum atomic E-state index is -3.57. The summed E-state index contributed by atoms with van der Waals surface area (Å²) < 4.78 is 39.6. The predicted octanol–water partition coefficient (Wildman–Crippen LogP) is 0.431. The second kappa shape index (κ2) is 5.10. The van der Waals surface area contributed by atoms with Crippen molar-refractivity contribution >= 4 is 10.0 Å². The van der Waals surface area contributed by atoms with Gasteiger partial charge in [-0.2, -0.15) is 4.31 Å². The number of ether oxygens (including phenoxy) is 2. The molecule has 0 atom stereocenters. The molecule has 20 heavy (non-hydrogen) atoms. The van der Waals surface area contributed by atoms with Crippen LogP contribution in [-0.2, 0) is 26.0 Å². The van der Waals surface area contributed by atoms with Crippen LogP contribution in [0.4, 0.5) is 0 Å². The van der Waals surface area contributed by atoms with Crippen molar-refractivity contribution in [2.45, 2.75) is 37.1 Å². The molecule has 112 valence electrons. The number of rotatable bonds is 3. The maximum Gasteiger partial charge on any atom is 0.262 e. The van der Waals surface area contributed by atoms with E-state index >= 15 is 0 Å². The highest BCUT2D eigenvalue weighted by Crippen LogP contribution is 2.32. The molecule has 3 heterocycles. The molecule has 1 aromatic rings. The monoisotopic (exact) mass is 301 g/mol. The first-order valence-electron chi connectivity index (χ1n) is 6.86. The molecular formula is C12H19N3O4S. The number of nitrogens with zero attached hydrogens (tertiary/aromatic N) is 3. The maximum absolute atomic E-state index is 12.6. The normalized spacial score (nSPS) is 23.4. The topological polar surface area (TPSA) is 73.7 Å². The van der Waals surface area contributed by atoms with Gasteiger partial charge in [-0.1, -0.05) is 0 Å². The van der Waals surface area contributed by atoms with Gasteiger partial charge in [0.05, 0.1) is 26.1 Å². The van der Waals surface area contributed by atoms with E-state index in [1.54, 1.807) is 10.8 Å². The van der Waals surface area contributed by atoms with E-state index in [4.69, 9.17) is 9.47 Å². The van der Waals surface area contributed by atoms with Gasteiger partial charge in [0.2, 0.25) is 0 Å². The highest BCUT2D eigenvalue weighted by molar-refractivity contribution is 7.89. The molecule has 1 aromatic heterocycles. The minimum absolute atomic E-state index is 0.0920. The fourth-order valence-corrected chi connectivity index (χ4v) is 4.12. The molecule has 2 saturated heterocycles. The number of sulfonamides is 1. The van der Waals surface area contributed by atoms with Gasteiger partial charge in [-0.3, -0.25) is 0 Å². The zero-order chi connectivity index (χ0) is 14.2. The van der Waals surface area contributed by atoms with Crippen LogP contribution in [-0.4, -0.2) is 54.4 Å². The Morgan fingerprint density at radius 1 is 1.40 bits per heavy atom. The molecule has 2 aliphatic rings. The molecule has 0 amide bonds. The molecule has 3 rings (SSSR count). The van der Waals surface area contributed by atoms with Crippen LogP contribution in [0.25, 0.3) is 0 Å². The molecule has 0 aliphatic carbocycles. The van der Waals surface area contributed by atoms with Crippen LogP contribution in [0.2, 0.25) is 0 Å². The van der Waals surface area contributed by atoms with Gasteiger partial charge in [0, 0.05) is 25.7 Å². The van der Waals surface area contributed by atoms with Crippen LogP contribution in [0.15, 0.2) is 17.6 Å². The van der Waals surface area contributed by atoms with Crippen LogP contribution in [0, 0.1) is 0 Å². The molecule has 0 aromatic carbocycles. The number of imidazole rings is 1. The Kier molecular flexibility index (Phi) is 3.57. The van der Waals surface area contributed by atoms with Crippen LogP contribution in [0.5, 0.6) is 0 Å². The van der Waals surface area contributed by atoms with E-state index in [0.717, 1.165) is 12.8 Å². The Balaban J connectivity index is 1.83. The smallest absolute Gasteiger partial charge is 0.262 e. The van der Waals surface area contributed by atoms with Crippen molar-refractivity contribution in [1.29, 1.82) is 0 Å². The predicted molar refractivity (Wildman–Crippen MR) is 70.5 cm³/mol. The van der Waals surface area contributed by atoms with E-state index < -0.39 is 15.8 Å². The summed E-state index contributed by atoms with van der Waals surface area (Å²) in [5.74, 6) is -0.751. The zero-order valence-electron chi connectivity index (χ0n) is 11.5. The van der Waals surface area contributed by atoms with Crippen molar-refractivity contribution in [3.63, 3.8) is 0 Å². The molecule has 0 unspecified atom stereocenters. The molecule has 0 N–H and O–H groups in total. The second-order valence-electron chi connectivity index (χ2n) is 5.09. The van der Waals surface area contributed by atoms with Crippen molar-refractivity contribution in [1.82, 2.24) is 13.9 Å². The van der Waals surface area contributed by atoms with E-state index in [1.807, 2.05) is 6.92 Å². The number of aromatic nitrogens is 2. The molecule has 1 spiro atoms. The zero-order valence-corrected chi connectivity index (χ0v) is 12.3. The average molecular weight is 301 g/mol. The van der Waals surface area contributed by atoms with E-state index in [9.17, 15) is 8.42 Å². The summed E-state index contributed by atoms with van der Waals surface area (Å²) in [7, 11) is -3.57. The Morgan fingerprint density at radius 2 is 2.15 bits per heavy atom. The highest BCUT2D eigenvalue weighted by Gasteiger charge is 2.44. The van der Waals surface area contributed by atoms with Crippen molar-refractivity contribution in [3.8, 4) is 0 Å². The fourth-order valence-electron chi connectivity index (χ4n) is 2.67. The van der Waals surface area contributed by atoms with Crippen LogP contribution < -0.4 is 0 Å². The van der Waals surface area contributed by atoms with Crippen LogP contribution in [0.1, 0.15) is 19.8 Å². The summed E-state index contributed by atoms with van der Waals surface area (Å²) in [5, 5.41) is 0.0920. The maximum atomic E-state index is 12.6. The van der Waals surface area contributed by atoms with Gasteiger partial charge in [0.15, 0.2) is 10.8 Å². The SMILES string of the molecule is CCn1cnc(S(=O)(=O)N2CCCC3(C2)OCCO3)c1. The van der Waals surface area contributed by atoms with E-state index in [1.165, 1.54) is 10.6 Å². The van der Waals surface area contributed by atoms with Crippen molar-refractivity contribution in [3.05, 3.63) is 12.5 Å². The Morgan fingerprint density at radius 3 is 2.80 bits per heavy atom. The third kappa shape index (κ3) is 2.37. The van der Waals surface area contributed by atoms with Gasteiger partial charge in [-0.25, -0.2) is 13.4 Å². The lowest BCUT2D eigenvalue weighted by molar-refractivity contribution is -0.179. The van der Waals surface area contributed by atoms with Gasteiger partial charge in [-0.15, -0.1) is 0 Å². The minimum Gasteiger partial charge on any atom is -0.346 e. The quantitative estimate of drug-likeness (QED) is 0.809. The lowest BCUT2D eigenvalue weighted by Crippen LogP contribution is -2.50. The molecule has 0 bridgehead atoms. The summed E-state index contributed by atoms with van der Waals surface area (Å²) >= 11 is 0. The summed E-state index contributed by atoms with van der Waals surface area (Å²) in [5.41, 5.74) is 0. The number of hydrogen-bond acceptors (Lipinski definition) is 5. The van der Waals surface area contributed by atoms with E-state index in [-0.39, 0.29) is 11.6 Å². The van der Waals surface area contributed by atoms with Gasteiger partial charge in [0.1, 0.15) is 0 Å². The summed E-state index contributed by atoms with van der Waals surface area (Å²) in [6.07, 6.45) is 4.57. The van der Waals surface area contributed by atoms with Gasteiger partial charge in [-0.05, 0) is 13.3 Å². The lowest BCUT2D eigenvalue weighted by atomic mass is 10.1. The first-order valence-corrected chi connectivity index (χ1v) is 8.30. The molecule has 7 nitrogen and oxygen atoms in total. The third-order valence-electron chi connectivity index (χ3n) is 3.77. The number of piperidine rings is 1. The molecule has 0 radical (unpaired) electrons. The van der Waals surface area contributed by atoms with Crippen LogP contribution in [0.3, 0.4) is 0 Å². The standard InChI is InChI=1S/C12H19N3O4S/c1-2-14-8-11(13-10-14)20(16,17)15-5-3-4-12(9-15)18-6-7-19-12/h8,10H,2-7,9H2,1H3. The highest BCUT2D eigenvalue weighted by atomic mass is 32.2. The summed E-state index contributed by atoms with van der Waals surface area (Å²) in [6.45, 7) is 4.41. The second-order valence-corrected chi connectivity index (χ2v) is 6.98. The summed E-state index contributed by atoms with van der Waals surface area (Å²) in [4.78, 5) is 4.00. The van der Waals surface area contributed by atoms with Crippen molar-refractivity contribution in [2.24, 2.45) is 0 Å². The van der Waals surface area contributed by atoms with Crippen molar-refractivity contribution in [2.75, 3.05) is 26.3 Å². The van der Waals surface area contributed by atoms with E-state index in [2.05, 4.69) is 4.98 Å². The van der Waals surface area contributed by atoms with E-state index in [0.29, 0.717) is 26.3 Å². The Labute approximate surface area is 118 Å². The van der Waals surface area contributed by atoms with Gasteiger partial charge >= 0.3 is 0 Å². The molecular weight excluding hydrogens is 282 g/mol. The molecule has 2 fully saturated rings. The molecule has 0 saturated carbocycles. The lowest BCUT2D eigenvalue weighted by Gasteiger charge is -2.37. The Bertz CT molecular complexity index is 577. The number of aryl methyl sites for hydroxylation is 1. The third-order valence-corrected chi connectivity index (χ3v) is 5.51. The number of hydrogen-bond donors (Lipinski definition) is 0. The fraction of sp³-hybridized carbons (Fsp3) is 0.750. The van der Waals surface area contributed by atoms with Crippen molar-refractivity contribution < 1.29 is 17.9 Å².